The highest BCUT2D eigenvalue weighted by Crippen LogP contribution is 2.23. The Morgan fingerprint density at radius 2 is 2.07 bits per heavy atom. The Kier molecular flexibility index (Phi) is 3.69. The lowest BCUT2D eigenvalue weighted by molar-refractivity contribution is 0.358. The van der Waals surface area contributed by atoms with Crippen LogP contribution in [0.25, 0.3) is 0 Å². The molecule has 3 unspecified atom stereocenters. The molecule has 3 nitrogen and oxygen atoms in total. The fourth-order valence-corrected chi connectivity index (χ4v) is 1.62. The molecule has 3 atom stereocenters. The molecule has 0 aromatic carbocycles. The molecule has 80 valence electrons. The van der Waals surface area contributed by atoms with Gasteiger partial charge in [0.1, 0.15) is 0 Å². The standard InChI is InChI=1S/C11H21N3/c1-5-8(2)10(4)14-7-13-6-11(14)9(3)12/h6-10H,5,12H2,1-4H3. The second-order valence-corrected chi connectivity index (χ2v) is 4.14. The summed E-state index contributed by atoms with van der Waals surface area (Å²) < 4.78 is 2.19. The summed E-state index contributed by atoms with van der Waals surface area (Å²) in [6.07, 6.45) is 4.93. The Balaban J connectivity index is 2.89. The first-order valence-corrected chi connectivity index (χ1v) is 5.35. The van der Waals surface area contributed by atoms with Gasteiger partial charge in [-0.15, -0.1) is 0 Å². The zero-order valence-corrected chi connectivity index (χ0v) is 9.57. The van der Waals surface area contributed by atoms with Gasteiger partial charge in [-0.3, -0.25) is 0 Å². The molecule has 3 heteroatoms. The van der Waals surface area contributed by atoms with Crippen LogP contribution in [0.2, 0.25) is 0 Å². The van der Waals surface area contributed by atoms with Gasteiger partial charge in [0.25, 0.3) is 0 Å². The average molecular weight is 195 g/mol. The number of hydrogen-bond donors (Lipinski definition) is 1. The normalized spacial score (nSPS) is 17.8. The molecule has 0 bridgehead atoms. The minimum Gasteiger partial charge on any atom is -0.330 e. The van der Waals surface area contributed by atoms with E-state index in [2.05, 4.69) is 30.3 Å². The third-order valence-electron chi connectivity index (χ3n) is 3.07. The zero-order chi connectivity index (χ0) is 10.7. The van der Waals surface area contributed by atoms with Crippen LogP contribution >= 0.6 is 0 Å². The highest BCUT2D eigenvalue weighted by Gasteiger charge is 2.16. The van der Waals surface area contributed by atoms with Gasteiger partial charge >= 0.3 is 0 Å². The highest BCUT2D eigenvalue weighted by molar-refractivity contribution is 5.04. The third kappa shape index (κ3) is 2.15. The number of aromatic nitrogens is 2. The van der Waals surface area contributed by atoms with Gasteiger partial charge in [0.05, 0.1) is 12.0 Å². The van der Waals surface area contributed by atoms with Crippen molar-refractivity contribution in [3.8, 4) is 0 Å². The van der Waals surface area contributed by atoms with E-state index in [0.717, 1.165) is 5.69 Å². The number of rotatable bonds is 4. The van der Waals surface area contributed by atoms with E-state index in [1.165, 1.54) is 6.42 Å². The van der Waals surface area contributed by atoms with E-state index in [1.807, 2.05) is 19.4 Å². The van der Waals surface area contributed by atoms with Crippen molar-refractivity contribution in [2.24, 2.45) is 11.7 Å². The van der Waals surface area contributed by atoms with Crippen molar-refractivity contribution in [1.29, 1.82) is 0 Å². The summed E-state index contributed by atoms with van der Waals surface area (Å²) in [6, 6.07) is 0.535. The summed E-state index contributed by atoms with van der Waals surface area (Å²) in [7, 11) is 0. The van der Waals surface area contributed by atoms with Crippen molar-refractivity contribution < 1.29 is 0 Å². The van der Waals surface area contributed by atoms with Crippen LogP contribution in [0.1, 0.15) is 51.9 Å². The maximum absolute atomic E-state index is 5.88. The van der Waals surface area contributed by atoms with Crippen LogP contribution in [0, 0.1) is 5.92 Å². The predicted molar refractivity (Wildman–Crippen MR) is 59.0 cm³/mol. The smallest absolute Gasteiger partial charge is 0.0951 e. The highest BCUT2D eigenvalue weighted by atomic mass is 15.1. The lowest BCUT2D eigenvalue weighted by atomic mass is 10.0. The molecular formula is C11H21N3. The minimum atomic E-state index is 0.0593. The Bertz CT molecular complexity index is 278. The number of nitrogens with two attached hydrogens (primary N) is 1. The van der Waals surface area contributed by atoms with Crippen LogP contribution in [-0.2, 0) is 0 Å². The maximum Gasteiger partial charge on any atom is 0.0951 e. The molecule has 1 rings (SSSR count). The van der Waals surface area contributed by atoms with Crippen LogP contribution in [0.5, 0.6) is 0 Å². The summed E-state index contributed by atoms with van der Waals surface area (Å²) in [4.78, 5) is 4.16. The Morgan fingerprint density at radius 1 is 1.43 bits per heavy atom. The molecule has 2 N–H and O–H groups in total. The fourth-order valence-electron chi connectivity index (χ4n) is 1.62. The van der Waals surface area contributed by atoms with Crippen LogP contribution in [-0.4, -0.2) is 9.55 Å². The van der Waals surface area contributed by atoms with E-state index < -0.39 is 0 Å². The predicted octanol–water partition coefficient (Wildman–Crippen LogP) is 2.51. The van der Waals surface area contributed by atoms with E-state index in [4.69, 9.17) is 5.73 Å². The van der Waals surface area contributed by atoms with Crippen LogP contribution in [0.3, 0.4) is 0 Å². The molecule has 0 fully saturated rings. The molecule has 0 aliphatic heterocycles. The second kappa shape index (κ2) is 4.60. The molecule has 14 heavy (non-hydrogen) atoms. The Hall–Kier alpha value is -0.830. The number of imidazole rings is 1. The van der Waals surface area contributed by atoms with Crippen LogP contribution in [0.15, 0.2) is 12.5 Å². The summed E-state index contributed by atoms with van der Waals surface area (Å²) in [5.74, 6) is 0.654. The largest absolute Gasteiger partial charge is 0.330 e. The monoisotopic (exact) mass is 195 g/mol. The van der Waals surface area contributed by atoms with Gasteiger partial charge in [0.2, 0.25) is 0 Å². The minimum absolute atomic E-state index is 0.0593. The molecule has 0 aliphatic rings. The molecule has 0 amide bonds. The van der Waals surface area contributed by atoms with Crippen LogP contribution < -0.4 is 5.73 Å². The number of hydrogen-bond acceptors (Lipinski definition) is 2. The van der Waals surface area contributed by atoms with Gasteiger partial charge in [-0.05, 0) is 19.8 Å². The van der Waals surface area contributed by atoms with Gasteiger partial charge in [0, 0.05) is 18.3 Å². The first kappa shape index (κ1) is 11.2. The number of nitrogens with zero attached hydrogens (tertiary/aromatic N) is 2. The van der Waals surface area contributed by atoms with Crippen molar-refractivity contribution in [1.82, 2.24) is 9.55 Å². The Labute approximate surface area is 86.3 Å². The molecule has 0 aliphatic carbocycles. The van der Waals surface area contributed by atoms with E-state index >= 15 is 0 Å². The van der Waals surface area contributed by atoms with Gasteiger partial charge in [-0.25, -0.2) is 4.98 Å². The second-order valence-electron chi connectivity index (χ2n) is 4.14. The maximum atomic E-state index is 5.88. The van der Waals surface area contributed by atoms with Crippen molar-refractivity contribution in [3.63, 3.8) is 0 Å². The molecule has 1 aromatic rings. The molecule has 1 heterocycles. The molecule has 0 saturated carbocycles. The summed E-state index contributed by atoms with van der Waals surface area (Å²) in [5.41, 5.74) is 7.00. The molecule has 0 spiro atoms. The van der Waals surface area contributed by atoms with E-state index in [1.54, 1.807) is 0 Å². The van der Waals surface area contributed by atoms with Gasteiger partial charge in [-0.1, -0.05) is 20.3 Å². The summed E-state index contributed by atoms with van der Waals surface area (Å²) in [6.45, 7) is 8.69. The molecule has 0 saturated heterocycles. The van der Waals surface area contributed by atoms with E-state index in [-0.39, 0.29) is 6.04 Å². The van der Waals surface area contributed by atoms with Crippen molar-refractivity contribution in [3.05, 3.63) is 18.2 Å². The molecular weight excluding hydrogens is 174 g/mol. The SMILES string of the molecule is CCC(C)C(C)n1cncc1C(C)N. The van der Waals surface area contributed by atoms with Crippen LogP contribution in [0.4, 0.5) is 0 Å². The van der Waals surface area contributed by atoms with Gasteiger partial charge in [0.15, 0.2) is 0 Å². The molecule has 1 aromatic heterocycles. The Morgan fingerprint density at radius 3 is 2.57 bits per heavy atom. The van der Waals surface area contributed by atoms with Crippen molar-refractivity contribution in [2.45, 2.75) is 46.2 Å². The third-order valence-corrected chi connectivity index (χ3v) is 3.07. The summed E-state index contributed by atoms with van der Waals surface area (Å²) in [5, 5.41) is 0. The molecule has 0 radical (unpaired) electrons. The summed E-state index contributed by atoms with van der Waals surface area (Å²) >= 11 is 0. The van der Waals surface area contributed by atoms with E-state index in [0.29, 0.717) is 12.0 Å². The fraction of sp³-hybridized carbons (Fsp3) is 0.727. The van der Waals surface area contributed by atoms with Crippen molar-refractivity contribution >= 4 is 0 Å². The lowest BCUT2D eigenvalue weighted by Crippen LogP contribution is -2.18. The first-order valence-electron chi connectivity index (χ1n) is 5.35. The first-order chi connectivity index (χ1) is 6.57. The lowest BCUT2D eigenvalue weighted by Gasteiger charge is -2.23. The van der Waals surface area contributed by atoms with Gasteiger partial charge in [-0.2, -0.15) is 0 Å². The van der Waals surface area contributed by atoms with E-state index in [9.17, 15) is 0 Å². The topological polar surface area (TPSA) is 43.8 Å². The quantitative estimate of drug-likeness (QED) is 0.802. The van der Waals surface area contributed by atoms with Gasteiger partial charge < -0.3 is 10.3 Å². The zero-order valence-electron chi connectivity index (χ0n) is 9.57. The average Bonchev–Trinajstić information content (AvgIpc) is 2.63. The van der Waals surface area contributed by atoms with Crippen molar-refractivity contribution in [2.75, 3.05) is 0 Å².